The molecule has 0 aliphatic carbocycles. The van der Waals surface area contributed by atoms with Gasteiger partial charge in [0.1, 0.15) is 0 Å². The zero-order chi connectivity index (χ0) is 16.1. The number of hydrogen-bond acceptors (Lipinski definition) is 3. The van der Waals surface area contributed by atoms with Crippen molar-refractivity contribution in [3.63, 3.8) is 0 Å². The van der Waals surface area contributed by atoms with Crippen LogP contribution in [0.15, 0.2) is 73.2 Å². The molecule has 3 nitrogen and oxygen atoms in total. The van der Waals surface area contributed by atoms with Crippen molar-refractivity contribution < 1.29 is 0 Å². The number of aromatic nitrogens is 2. The number of hydrogen-bond donors (Lipinski definition) is 0. The summed E-state index contributed by atoms with van der Waals surface area (Å²) in [6, 6.07) is 18.9. The maximum absolute atomic E-state index is 4.37. The summed E-state index contributed by atoms with van der Waals surface area (Å²) in [6.07, 6.45) is 7.25. The highest BCUT2D eigenvalue weighted by atomic mass is 15.1. The maximum Gasteiger partial charge on any atom is 0.0819 e. The number of anilines is 1. The van der Waals surface area contributed by atoms with Crippen molar-refractivity contribution in [1.29, 1.82) is 0 Å². The summed E-state index contributed by atoms with van der Waals surface area (Å²) in [5, 5.41) is 0. The molecule has 0 unspecified atom stereocenters. The molecule has 0 bridgehead atoms. The van der Waals surface area contributed by atoms with Crippen LogP contribution < -0.4 is 4.90 Å². The van der Waals surface area contributed by atoms with Gasteiger partial charge in [-0.15, -0.1) is 0 Å². The molecule has 0 atom stereocenters. The van der Waals surface area contributed by atoms with Crippen LogP contribution in [0.4, 0.5) is 5.69 Å². The van der Waals surface area contributed by atoms with Crippen LogP contribution >= 0.6 is 0 Å². The summed E-state index contributed by atoms with van der Waals surface area (Å²) in [5.41, 5.74) is 5.49. The molecule has 1 heterocycles. The molecule has 0 saturated heterocycles. The Balaban J connectivity index is 2.07. The van der Waals surface area contributed by atoms with Crippen molar-refractivity contribution >= 4 is 17.3 Å². The fraction of sp³-hybridized carbons (Fsp3) is 0.100. The minimum Gasteiger partial charge on any atom is -0.378 e. The van der Waals surface area contributed by atoms with E-state index in [4.69, 9.17) is 0 Å². The van der Waals surface area contributed by atoms with E-state index in [1.54, 1.807) is 18.6 Å². The SMILES string of the molecule is CN(C)c1ccc(/C(=C/c2cnccn2)c2ccccc2)cc1. The molecule has 23 heavy (non-hydrogen) atoms. The van der Waals surface area contributed by atoms with Crippen LogP contribution in [-0.4, -0.2) is 24.1 Å². The van der Waals surface area contributed by atoms with Gasteiger partial charge in [-0.25, -0.2) is 0 Å². The molecule has 0 fully saturated rings. The van der Waals surface area contributed by atoms with Gasteiger partial charge in [-0.1, -0.05) is 42.5 Å². The molecular formula is C20H19N3. The highest BCUT2D eigenvalue weighted by Gasteiger charge is 2.06. The Kier molecular flexibility index (Phi) is 4.48. The van der Waals surface area contributed by atoms with E-state index in [1.807, 2.05) is 32.3 Å². The van der Waals surface area contributed by atoms with Crippen LogP contribution in [0.5, 0.6) is 0 Å². The van der Waals surface area contributed by atoms with Crippen molar-refractivity contribution in [2.45, 2.75) is 0 Å². The minimum absolute atomic E-state index is 0.850. The third kappa shape index (κ3) is 3.64. The monoisotopic (exact) mass is 301 g/mol. The standard InChI is InChI=1S/C20H19N3/c1-23(2)19-10-8-17(9-11-19)20(16-6-4-3-5-7-16)14-18-15-21-12-13-22-18/h3-15H,1-2H3/b20-14+. The highest BCUT2D eigenvalue weighted by Crippen LogP contribution is 2.27. The first-order valence-electron chi connectivity index (χ1n) is 7.55. The lowest BCUT2D eigenvalue weighted by Gasteiger charge is -2.14. The molecule has 0 saturated carbocycles. The van der Waals surface area contributed by atoms with Crippen molar-refractivity contribution in [2.75, 3.05) is 19.0 Å². The Morgan fingerprint density at radius 1 is 0.870 bits per heavy atom. The quantitative estimate of drug-likeness (QED) is 0.725. The normalized spacial score (nSPS) is 11.3. The molecule has 0 radical (unpaired) electrons. The van der Waals surface area contributed by atoms with Gasteiger partial charge in [0, 0.05) is 32.2 Å². The largest absolute Gasteiger partial charge is 0.378 e. The zero-order valence-corrected chi connectivity index (χ0v) is 13.3. The van der Waals surface area contributed by atoms with Crippen molar-refractivity contribution in [2.24, 2.45) is 0 Å². The van der Waals surface area contributed by atoms with Gasteiger partial charge >= 0.3 is 0 Å². The second-order valence-corrected chi connectivity index (χ2v) is 5.50. The van der Waals surface area contributed by atoms with Crippen molar-refractivity contribution in [3.05, 3.63) is 90.0 Å². The van der Waals surface area contributed by atoms with Gasteiger partial charge in [-0.3, -0.25) is 9.97 Å². The lowest BCUT2D eigenvalue weighted by atomic mass is 9.96. The molecule has 0 amide bonds. The molecule has 0 aliphatic rings. The average molecular weight is 301 g/mol. The van der Waals surface area contributed by atoms with E-state index < -0.39 is 0 Å². The van der Waals surface area contributed by atoms with Crippen LogP contribution in [0.25, 0.3) is 11.6 Å². The second-order valence-electron chi connectivity index (χ2n) is 5.50. The zero-order valence-electron chi connectivity index (χ0n) is 13.3. The average Bonchev–Trinajstić information content (AvgIpc) is 2.61. The third-order valence-corrected chi connectivity index (χ3v) is 3.65. The summed E-state index contributed by atoms with van der Waals surface area (Å²) in [5.74, 6) is 0. The molecule has 1 aromatic heterocycles. The first-order chi connectivity index (χ1) is 11.2. The minimum atomic E-state index is 0.850. The predicted octanol–water partition coefficient (Wildman–Crippen LogP) is 4.13. The molecule has 0 N–H and O–H groups in total. The van der Waals surface area contributed by atoms with Crippen molar-refractivity contribution in [1.82, 2.24) is 9.97 Å². The van der Waals surface area contributed by atoms with E-state index in [0.717, 1.165) is 22.4 Å². The molecule has 2 aromatic carbocycles. The van der Waals surface area contributed by atoms with Gasteiger partial charge in [0.05, 0.1) is 11.9 Å². The van der Waals surface area contributed by atoms with E-state index in [2.05, 4.69) is 57.3 Å². The Morgan fingerprint density at radius 3 is 2.17 bits per heavy atom. The van der Waals surface area contributed by atoms with Gasteiger partial charge in [-0.2, -0.15) is 0 Å². The van der Waals surface area contributed by atoms with Crippen LogP contribution in [0.3, 0.4) is 0 Å². The predicted molar refractivity (Wildman–Crippen MR) is 96.2 cm³/mol. The maximum atomic E-state index is 4.37. The summed E-state index contributed by atoms with van der Waals surface area (Å²) in [7, 11) is 4.09. The first-order valence-corrected chi connectivity index (χ1v) is 7.55. The Labute approximate surface area is 137 Å². The van der Waals surface area contributed by atoms with E-state index in [9.17, 15) is 0 Å². The number of benzene rings is 2. The van der Waals surface area contributed by atoms with Gasteiger partial charge in [-0.05, 0) is 34.9 Å². The summed E-state index contributed by atoms with van der Waals surface area (Å²) in [6.45, 7) is 0. The smallest absolute Gasteiger partial charge is 0.0819 e. The van der Waals surface area contributed by atoms with Gasteiger partial charge in [0.2, 0.25) is 0 Å². The van der Waals surface area contributed by atoms with E-state index >= 15 is 0 Å². The highest BCUT2D eigenvalue weighted by molar-refractivity contribution is 5.91. The first kappa shape index (κ1) is 15.0. The van der Waals surface area contributed by atoms with E-state index in [-0.39, 0.29) is 0 Å². The fourth-order valence-electron chi connectivity index (χ4n) is 2.42. The third-order valence-electron chi connectivity index (χ3n) is 3.65. The van der Waals surface area contributed by atoms with Crippen LogP contribution in [0.1, 0.15) is 16.8 Å². The topological polar surface area (TPSA) is 29.0 Å². The lowest BCUT2D eigenvalue weighted by Crippen LogP contribution is -2.08. The lowest BCUT2D eigenvalue weighted by molar-refractivity contribution is 1.13. The Bertz CT molecular complexity index is 776. The molecule has 3 heteroatoms. The van der Waals surface area contributed by atoms with Crippen LogP contribution in [0.2, 0.25) is 0 Å². The van der Waals surface area contributed by atoms with Gasteiger partial charge < -0.3 is 4.90 Å². The molecule has 3 aromatic rings. The van der Waals surface area contributed by atoms with Crippen LogP contribution in [-0.2, 0) is 0 Å². The van der Waals surface area contributed by atoms with Gasteiger partial charge in [0.25, 0.3) is 0 Å². The molecular weight excluding hydrogens is 282 g/mol. The van der Waals surface area contributed by atoms with Crippen LogP contribution in [0, 0.1) is 0 Å². The summed E-state index contributed by atoms with van der Waals surface area (Å²) >= 11 is 0. The molecule has 3 rings (SSSR count). The molecule has 0 aliphatic heterocycles. The van der Waals surface area contributed by atoms with Crippen molar-refractivity contribution in [3.8, 4) is 0 Å². The van der Waals surface area contributed by atoms with Gasteiger partial charge in [0.15, 0.2) is 0 Å². The van der Waals surface area contributed by atoms with E-state index in [0.29, 0.717) is 0 Å². The summed E-state index contributed by atoms with van der Waals surface area (Å²) in [4.78, 5) is 10.6. The Morgan fingerprint density at radius 2 is 1.57 bits per heavy atom. The fourth-order valence-corrected chi connectivity index (χ4v) is 2.42. The second kappa shape index (κ2) is 6.88. The molecule has 114 valence electrons. The van der Waals surface area contributed by atoms with E-state index in [1.165, 1.54) is 5.69 Å². The number of nitrogens with zero attached hydrogens (tertiary/aromatic N) is 3. The molecule has 0 spiro atoms. The number of rotatable bonds is 4. The Hall–Kier alpha value is -2.94. The summed E-state index contributed by atoms with van der Waals surface area (Å²) < 4.78 is 0.